The Morgan fingerprint density at radius 2 is 1.84 bits per heavy atom. The molecule has 2 rings (SSSR count). The third-order valence-electron chi connectivity index (χ3n) is 2.88. The molecule has 0 aliphatic carbocycles. The summed E-state index contributed by atoms with van der Waals surface area (Å²) in [6.45, 7) is 5.12. The van der Waals surface area contributed by atoms with Crippen LogP contribution in [0.5, 0.6) is 0 Å². The highest BCUT2D eigenvalue weighted by atomic mass is 35.5. The van der Waals surface area contributed by atoms with Crippen LogP contribution in [0.3, 0.4) is 0 Å². The normalized spacial score (nSPS) is 11.0. The molecule has 0 fully saturated rings. The van der Waals surface area contributed by atoms with E-state index >= 15 is 0 Å². The fourth-order valence-electron chi connectivity index (χ4n) is 1.89. The van der Waals surface area contributed by atoms with Gasteiger partial charge >= 0.3 is 0 Å². The number of nitrogens with one attached hydrogen (secondary N) is 1. The van der Waals surface area contributed by atoms with Crippen molar-refractivity contribution in [2.45, 2.75) is 26.4 Å². The first-order valence-corrected chi connectivity index (χ1v) is 7.09. The molecule has 0 aliphatic heterocycles. The zero-order valence-corrected chi connectivity index (χ0v) is 12.6. The Balaban J connectivity index is 2.29. The van der Waals surface area contributed by atoms with Crippen LogP contribution in [0.15, 0.2) is 42.5 Å². The Hall–Kier alpha value is -1.02. The van der Waals surface area contributed by atoms with E-state index in [0.717, 1.165) is 22.7 Å². The first-order valence-electron chi connectivity index (χ1n) is 6.34. The Kier molecular flexibility index (Phi) is 4.87. The van der Waals surface area contributed by atoms with Crippen molar-refractivity contribution in [1.29, 1.82) is 0 Å². The Morgan fingerprint density at radius 1 is 1.05 bits per heavy atom. The van der Waals surface area contributed by atoms with Crippen LogP contribution in [0.2, 0.25) is 10.0 Å². The summed E-state index contributed by atoms with van der Waals surface area (Å²) >= 11 is 12.3. The summed E-state index contributed by atoms with van der Waals surface area (Å²) in [4.78, 5) is 0. The Bertz CT molecular complexity index is 564. The quantitative estimate of drug-likeness (QED) is 0.821. The van der Waals surface area contributed by atoms with Crippen LogP contribution in [-0.2, 0) is 6.54 Å². The first-order chi connectivity index (χ1) is 9.06. The predicted octanol–water partition coefficient (Wildman–Crippen LogP) is 5.16. The van der Waals surface area contributed by atoms with Crippen molar-refractivity contribution < 1.29 is 0 Å². The number of hydrogen-bond donors (Lipinski definition) is 1. The van der Waals surface area contributed by atoms with Crippen LogP contribution in [0, 0.1) is 0 Å². The van der Waals surface area contributed by atoms with Gasteiger partial charge in [0.2, 0.25) is 0 Å². The van der Waals surface area contributed by atoms with Gasteiger partial charge in [0.15, 0.2) is 0 Å². The maximum absolute atomic E-state index is 6.24. The second kappa shape index (κ2) is 6.42. The molecule has 0 unspecified atom stereocenters. The van der Waals surface area contributed by atoms with E-state index < -0.39 is 0 Å². The van der Waals surface area contributed by atoms with Crippen LogP contribution in [0.4, 0.5) is 0 Å². The van der Waals surface area contributed by atoms with E-state index in [2.05, 4.69) is 37.4 Å². The second-order valence-corrected chi connectivity index (χ2v) is 5.70. The first kappa shape index (κ1) is 14.4. The Labute approximate surface area is 124 Å². The summed E-state index contributed by atoms with van der Waals surface area (Å²) in [6, 6.07) is 14.4. The van der Waals surface area contributed by atoms with Crippen molar-refractivity contribution in [2.75, 3.05) is 0 Å². The van der Waals surface area contributed by atoms with Gasteiger partial charge in [-0.25, -0.2) is 0 Å². The molecular weight excluding hydrogens is 277 g/mol. The third kappa shape index (κ3) is 3.97. The van der Waals surface area contributed by atoms with Crippen molar-refractivity contribution in [1.82, 2.24) is 5.32 Å². The third-order valence-corrected chi connectivity index (χ3v) is 3.45. The van der Waals surface area contributed by atoms with Gasteiger partial charge in [-0.2, -0.15) is 0 Å². The lowest BCUT2D eigenvalue weighted by Gasteiger charge is -2.10. The molecule has 1 nitrogen and oxygen atoms in total. The molecule has 0 bridgehead atoms. The lowest BCUT2D eigenvalue weighted by atomic mass is 10.0. The SMILES string of the molecule is CC(C)NCc1cccc(-c2cc(Cl)ccc2Cl)c1. The molecule has 2 aromatic rings. The van der Waals surface area contributed by atoms with Gasteiger partial charge in [0.05, 0.1) is 0 Å². The maximum Gasteiger partial charge on any atom is 0.0485 e. The van der Waals surface area contributed by atoms with Crippen LogP contribution in [0.1, 0.15) is 19.4 Å². The monoisotopic (exact) mass is 293 g/mol. The highest BCUT2D eigenvalue weighted by molar-refractivity contribution is 6.35. The molecule has 0 aromatic heterocycles. The lowest BCUT2D eigenvalue weighted by molar-refractivity contribution is 0.589. The van der Waals surface area contributed by atoms with Gasteiger partial charge in [-0.05, 0) is 35.4 Å². The van der Waals surface area contributed by atoms with Gasteiger partial charge in [-0.3, -0.25) is 0 Å². The molecule has 0 spiro atoms. The topological polar surface area (TPSA) is 12.0 Å². The van der Waals surface area contributed by atoms with Crippen molar-refractivity contribution in [3.63, 3.8) is 0 Å². The number of hydrogen-bond acceptors (Lipinski definition) is 1. The largest absolute Gasteiger partial charge is 0.310 e. The van der Waals surface area contributed by atoms with Crippen molar-refractivity contribution in [3.8, 4) is 11.1 Å². The number of rotatable bonds is 4. The zero-order chi connectivity index (χ0) is 13.8. The van der Waals surface area contributed by atoms with E-state index in [-0.39, 0.29) is 0 Å². The van der Waals surface area contributed by atoms with E-state index in [9.17, 15) is 0 Å². The van der Waals surface area contributed by atoms with Gasteiger partial charge in [0.1, 0.15) is 0 Å². The molecule has 3 heteroatoms. The van der Waals surface area contributed by atoms with Crippen LogP contribution >= 0.6 is 23.2 Å². The highest BCUT2D eigenvalue weighted by Gasteiger charge is 2.05. The predicted molar refractivity (Wildman–Crippen MR) is 83.9 cm³/mol. The molecule has 0 saturated heterocycles. The van der Waals surface area contributed by atoms with E-state index in [1.54, 1.807) is 6.07 Å². The maximum atomic E-state index is 6.24. The molecule has 0 saturated carbocycles. The summed E-state index contributed by atoms with van der Waals surface area (Å²) in [5, 5.41) is 4.83. The number of benzene rings is 2. The molecular formula is C16H17Cl2N. The minimum Gasteiger partial charge on any atom is -0.310 e. The molecule has 0 atom stereocenters. The van der Waals surface area contributed by atoms with E-state index in [4.69, 9.17) is 23.2 Å². The molecule has 0 aliphatic rings. The Morgan fingerprint density at radius 3 is 2.58 bits per heavy atom. The van der Waals surface area contributed by atoms with Crippen molar-refractivity contribution in [2.24, 2.45) is 0 Å². The smallest absolute Gasteiger partial charge is 0.0485 e. The van der Waals surface area contributed by atoms with Crippen molar-refractivity contribution >= 4 is 23.2 Å². The molecule has 19 heavy (non-hydrogen) atoms. The van der Waals surface area contributed by atoms with E-state index in [1.165, 1.54) is 5.56 Å². The fraction of sp³-hybridized carbons (Fsp3) is 0.250. The minimum atomic E-state index is 0.471. The molecule has 0 amide bonds. The average Bonchev–Trinajstić information content (AvgIpc) is 2.39. The average molecular weight is 294 g/mol. The van der Waals surface area contributed by atoms with Gasteiger partial charge in [0, 0.05) is 28.2 Å². The van der Waals surface area contributed by atoms with E-state index in [1.807, 2.05) is 18.2 Å². The van der Waals surface area contributed by atoms with Gasteiger partial charge < -0.3 is 5.32 Å². The van der Waals surface area contributed by atoms with Crippen molar-refractivity contribution in [3.05, 3.63) is 58.1 Å². The highest BCUT2D eigenvalue weighted by Crippen LogP contribution is 2.30. The molecule has 2 aromatic carbocycles. The molecule has 0 radical (unpaired) electrons. The summed E-state index contributed by atoms with van der Waals surface area (Å²) in [5.41, 5.74) is 3.30. The minimum absolute atomic E-state index is 0.471. The van der Waals surface area contributed by atoms with E-state index in [0.29, 0.717) is 11.1 Å². The van der Waals surface area contributed by atoms with Crippen LogP contribution < -0.4 is 5.32 Å². The van der Waals surface area contributed by atoms with Gasteiger partial charge in [0.25, 0.3) is 0 Å². The van der Waals surface area contributed by atoms with Gasteiger partial charge in [-0.1, -0.05) is 55.2 Å². The second-order valence-electron chi connectivity index (χ2n) is 4.86. The summed E-state index contributed by atoms with van der Waals surface area (Å²) in [7, 11) is 0. The summed E-state index contributed by atoms with van der Waals surface area (Å²) in [6.07, 6.45) is 0. The number of halogens is 2. The molecule has 100 valence electrons. The zero-order valence-electron chi connectivity index (χ0n) is 11.1. The summed E-state index contributed by atoms with van der Waals surface area (Å²) in [5.74, 6) is 0. The summed E-state index contributed by atoms with van der Waals surface area (Å²) < 4.78 is 0. The fourth-order valence-corrected chi connectivity index (χ4v) is 2.29. The molecule has 1 N–H and O–H groups in total. The van der Waals surface area contributed by atoms with Crippen LogP contribution in [0.25, 0.3) is 11.1 Å². The van der Waals surface area contributed by atoms with Crippen LogP contribution in [-0.4, -0.2) is 6.04 Å². The standard InChI is InChI=1S/C16H17Cl2N/c1-11(2)19-10-12-4-3-5-13(8-12)15-9-14(17)6-7-16(15)18/h3-9,11,19H,10H2,1-2H3. The van der Waals surface area contributed by atoms with Gasteiger partial charge in [-0.15, -0.1) is 0 Å². The molecule has 0 heterocycles. The lowest BCUT2D eigenvalue weighted by Crippen LogP contribution is -2.21.